The lowest BCUT2D eigenvalue weighted by molar-refractivity contribution is -0.194. The number of likely N-dealkylation sites (tertiary alicyclic amines) is 1. The maximum Gasteiger partial charge on any atom is 0.308 e. The zero-order valence-electron chi connectivity index (χ0n) is 21.7. The zero-order chi connectivity index (χ0) is 24.7. The Kier molecular flexibility index (Phi) is 13.2. The molecular weight excluding hydrogens is 428 g/mol. The van der Waals surface area contributed by atoms with Gasteiger partial charge in [0.05, 0.1) is 13.0 Å². The van der Waals surface area contributed by atoms with E-state index >= 15 is 0 Å². The number of hydrogen-bond acceptors (Lipinski definition) is 5. The maximum absolute atomic E-state index is 12.8. The van der Waals surface area contributed by atoms with E-state index in [2.05, 4.69) is 4.90 Å². The van der Waals surface area contributed by atoms with Crippen molar-refractivity contribution in [3.8, 4) is 0 Å². The van der Waals surface area contributed by atoms with Gasteiger partial charge in [-0.2, -0.15) is 0 Å². The van der Waals surface area contributed by atoms with Crippen molar-refractivity contribution in [1.82, 2.24) is 9.96 Å². The smallest absolute Gasteiger partial charge is 0.308 e. The highest BCUT2D eigenvalue weighted by atomic mass is 16.7. The highest BCUT2D eigenvalue weighted by molar-refractivity contribution is 5.76. The second-order valence-corrected chi connectivity index (χ2v) is 10.4. The molecule has 1 aliphatic rings. The number of unbranched alkanes of at least 4 members (excludes halogenated alkanes) is 5. The largest absolute Gasteiger partial charge is 0.460 e. The highest BCUT2D eigenvalue weighted by Gasteiger charge is 2.20. The molecule has 1 heterocycles. The van der Waals surface area contributed by atoms with E-state index in [1.54, 1.807) is 0 Å². The molecule has 1 fully saturated rings. The number of hydrogen-bond donors (Lipinski definition) is 0. The standard InChI is InChI=1S/C28H46N2O4/c1-28(2,3)34-27(32)19-23-30(33-24-25-16-10-8-11-17-25)26(31)18-12-6-4-5-7-13-20-29-21-14-9-15-22-29/h8,10-11,16-17H,4-7,9,12-15,18-24H2,1-3H3. The predicted octanol–water partition coefficient (Wildman–Crippen LogP) is 5.90. The normalized spacial score (nSPS) is 14.7. The molecule has 2 rings (SSSR count). The number of ether oxygens (including phenoxy) is 1. The van der Waals surface area contributed by atoms with Crippen molar-refractivity contribution >= 4 is 11.9 Å². The predicted molar refractivity (Wildman–Crippen MR) is 136 cm³/mol. The number of carbonyl (C=O) groups excluding carboxylic acids is 2. The number of benzene rings is 1. The van der Waals surface area contributed by atoms with Crippen LogP contribution in [-0.4, -0.2) is 53.6 Å². The fraction of sp³-hybridized carbons (Fsp3) is 0.714. The van der Waals surface area contributed by atoms with Crippen molar-refractivity contribution in [2.75, 3.05) is 26.2 Å². The third kappa shape index (κ3) is 13.1. The summed E-state index contributed by atoms with van der Waals surface area (Å²) in [5.41, 5.74) is 0.451. The molecule has 0 N–H and O–H groups in total. The molecule has 0 saturated carbocycles. The molecule has 0 aliphatic carbocycles. The van der Waals surface area contributed by atoms with Crippen molar-refractivity contribution in [3.63, 3.8) is 0 Å². The van der Waals surface area contributed by atoms with Crippen LogP contribution < -0.4 is 0 Å². The Morgan fingerprint density at radius 2 is 1.53 bits per heavy atom. The van der Waals surface area contributed by atoms with E-state index < -0.39 is 5.60 Å². The lowest BCUT2D eigenvalue weighted by Gasteiger charge is -2.26. The average Bonchev–Trinajstić information content (AvgIpc) is 2.81. The van der Waals surface area contributed by atoms with Gasteiger partial charge in [-0.15, -0.1) is 0 Å². The van der Waals surface area contributed by atoms with Crippen molar-refractivity contribution in [2.24, 2.45) is 0 Å². The van der Waals surface area contributed by atoms with E-state index in [0.717, 1.165) is 24.8 Å². The molecule has 0 atom stereocenters. The van der Waals surface area contributed by atoms with Gasteiger partial charge in [-0.3, -0.25) is 14.4 Å². The third-order valence-corrected chi connectivity index (χ3v) is 6.01. The number of hydroxylamine groups is 2. The van der Waals surface area contributed by atoms with E-state index in [4.69, 9.17) is 9.57 Å². The van der Waals surface area contributed by atoms with Crippen LogP contribution in [0.25, 0.3) is 0 Å². The highest BCUT2D eigenvalue weighted by Crippen LogP contribution is 2.14. The van der Waals surface area contributed by atoms with E-state index in [1.165, 1.54) is 63.2 Å². The summed E-state index contributed by atoms with van der Waals surface area (Å²) in [6.07, 6.45) is 11.5. The monoisotopic (exact) mass is 474 g/mol. The van der Waals surface area contributed by atoms with Crippen LogP contribution in [0.3, 0.4) is 0 Å². The van der Waals surface area contributed by atoms with Gasteiger partial charge in [0.2, 0.25) is 5.91 Å². The summed E-state index contributed by atoms with van der Waals surface area (Å²) in [5, 5.41) is 1.36. The minimum absolute atomic E-state index is 0.0652. The molecular formula is C28H46N2O4. The molecule has 1 aliphatic heterocycles. The molecule has 1 saturated heterocycles. The van der Waals surface area contributed by atoms with Crippen molar-refractivity contribution < 1.29 is 19.2 Å². The number of carbonyl (C=O) groups is 2. The molecule has 192 valence electrons. The molecule has 0 radical (unpaired) electrons. The Labute approximate surface area is 206 Å². The lowest BCUT2D eigenvalue weighted by atomic mass is 10.1. The van der Waals surface area contributed by atoms with Crippen LogP contribution in [0.1, 0.15) is 97.0 Å². The first-order chi connectivity index (χ1) is 16.3. The minimum atomic E-state index is -0.537. The molecule has 6 nitrogen and oxygen atoms in total. The molecule has 6 heteroatoms. The number of esters is 1. The van der Waals surface area contributed by atoms with Crippen LogP contribution in [0.5, 0.6) is 0 Å². The summed E-state index contributed by atoms with van der Waals surface area (Å²) in [4.78, 5) is 33.4. The van der Waals surface area contributed by atoms with Crippen molar-refractivity contribution in [2.45, 2.75) is 104 Å². The van der Waals surface area contributed by atoms with Gasteiger partial charge >= 0.3 is 5.97 Å². The SMILES string of the molecule is CC(C)(C)OC(=O)CCN(OCc1ccccc1)C(=O)CCCCCCCCN1CCCCC1. The van der Waals surface area contributed by atoms with Crippen LogP contribution in [0.4, 0.5) is 0 Å². The van der Waals surface area contributed by atoms with Gasteiger partial charge in [0, 0.05) is 6.42 Å². The maximum atomic E-state index is 12.8. The molecule has 0 unspecified atom stereocenters. The molecule has 1 aromatic rings. The van der Waals surface area contributed by atoms with Crippen molar-refractivity contribution in [1.29, 1.82) is 0 Å². The van der Waals surface area contributed by atoms with E-state index in [-0.39, 0.29) is 24.8 Å². The quantitative estimate of drug-likeness (QED) is 0.180. The molecule has 0 spiro atoms. The van der Waals surface area contributed by atoms with Gasteiger partial charge in [0.15, 0.2) is 0 Å². The molecule has 0 bridgehead atoms. The first-order valence-corrected chi connectivity index (χ1v) is 13.2. The van der Waals surface area contributed by atoms with Gasteiger partial charge in [0.1, 0.15) is 12.2 Å². The van der Waals surface area contributed by atoms with Gasteiger partial charge < -0.3 is 9.64 Å². The van der Waals surface area contributed by atoms with Crippen LogP contribution in [0.15, 0.2) is 30.3 Å². The summed E-state index contributed by atoms with van der Waals surface area (Å²) in [6.45, 7) is 9.82. The van der Waals surface area contributed by atoms with Crippen LogP contribution in [0.2, 0.25) is 0 Å². The second-order valence-electron chi connectivity index (χ2n) is 10.4. The number of rotatable bonds is 15. The number of amides is 1. The number of piperidine rings is 1. The third-order valence-electron chi connectivity index (χ3n) is 6.01. The second kappa shape index (κ2) is 15.9. The summed E-state index contributed by atoms with van der Waals surface area (Å²) in [6, 6.07) is 9.75. The van der Waals surface area contributed by atoms with E-state index in [0.29, 0.717) is 13.0 Å². The first kappa shape index (κ1) is 28.3. The van der Waals surface area contributed by atoms with Gasteiger partial charge in [-0.1, -0.05) is 62.4 Å². The fourth-order valence-corrected chi connectivity index (χ4v) is 4.20. The molecule has 0 aromatic heterocycles. The summed E-state index contributed by atoms with van der Waals surface area (Å²) < 4.78 is 5.38. The summed E-state index contributed by atoms with van der Waals surface area (Å²) in [7, 11) is 0. The van der Waals surface area contributed by atoms with E-state index in [9.17, 15) is 9.59 Å². The average molecular weight is 475 g/mol. The number of nitrogens with zero attached hydrogens (tertiary/aromatic N) is 2. The molecule has 34 heavy (non-hydrogen) atoms. The Bertz CT molecular complexity index is 696. The van der Waals surface area contributed by atoms with E-state index in [1.807, 2.05) is 51.1 Å². The lowest BCUT2D eigenvalue weighted by Crippen LogP contribution is -2.34. The van der Waals surface area contributed by atoms with Crippen molar-refractivity contribution in [3.05, 3.63) is 35.9 Å². The van der Waals surface area contributed by atoms with Crippen LogP contribution in [-0.2, 0) is 25.8 Å². The summed E-state index contributed by atoms with van der Waals surface area (Å²) >= 11 is 0. The molecule has 1 amide bonds. The van der Waals surface area contributed by atoms with Gasteiger partial charge in [0.25, 0.3) is 0 Å². The minimum Gasteiger partial charge on any atom is -0.460 e. The topological polar surface area (TPSA) is 59.1 Å². The Morgan fingerprint density at radius 3 is 2.21 bits per heavy atom. The Balaban J connectivity index is 1.66. The zero-order valence-corrected chi connectivity index (χ0v) is 21.7. The summed E-state index contributed by atoms with van der Waals surface area (Å²) in [5.74, 6) is -0.386. The van der Waals surface area contributed by atoms with Crippen LogP contribution >= 0.6 is 0 Å². The Hall–Kier alpha value is -1.92. The van der Waals surface area contributed by atoms with Gasteiger partial charge in [-0.05, 0) is 71.7 Å². The Morgan fingerprint density at radius 1 is 0.882 bits per heavy atom. The first-order valence-electron chi connectivity index (χ1n) is 13.2. The van der Waals surface area contributed by atoms with Crippen LogP contribution in [0, 0.1) is 0 Å². The fourth-order valence-electron chi connectivity index (χ4n) is 4.20. The molecule has 1 aromatic carbocycles. The van der Waals surface area contributed by atoms with Gasteiger partial charge in [-0.25, -0.2) is 5.06 Å².